The zero-order valence-electron chi connectivity index (χ0n) is 13.8. The molecule has 0 aromatic carbocycles. The van der Waals surface area contributed by atoms with Gasteiger partial charge in [-0.15, -0.1) is 0 Å². The van der Waals surface area contributed by atoms with Crippen molar-refractivity contribution < 1.29 is 4.79 Å². The number of amides is 1. The van der Waals surface area contributed by atoms with E-state index < -0.39 is 0 Å². The number of carbonyl (C=O) groups is 1. The lowest BCUT2D eigenvalue weighted by molar-refractivity contribution is -0.122. The fraction of sp³-hybridized carbons (Fsp3) is 0.933. The topological polar surface area (TPSA) is 61.6 Å². The van der Waals surface area contributed by atoms with Crippen LogP contribution in [0.4, 0.5) is 0 Å². The van der Waals surface area contributed by atoms with E-state index in [4.69, 9.17) is 5.73 Å². The van der Waals surface area contributed by atoms with Gasteiger partial charge < -0.3 is 16.0 Å². The fourth-order valence-electron chi connectivity index (χ4n) is 2.36. The third-order valence-electron chi connectivity index (χ3n) is 4.07. The van der Waals surface area contributed by atoms with Gasteiger partial charge in [-0.1, -0.05) is 0 Å². The van der Waals surface area contributed by atoms with Crippen LogP contribution in [0.2, 0.25) is 0 Å². The molecule has 20 heavy (non-hydrogen) atoms. The van der Waals surface area contributed by atoms with Crippen molar-refractivity contribution in [3.8, 4) is 0 Å². The second-order valence-corrected chi connectivity index (χ2v) is 7.37. The van der Waals surface area contributed by atoms with Crippen molar-refractivity contribution in [3.63, 3.8) is 0 Å². The Morgan fingerprint density at radius 1 is 1.15 bits per heavy atom. The molecule has 0 atom stereocenters. The molecule has 0 aromatic rings. The van der Waals surface area contributed by atoms with E-state index in [1.54, 1.807) is 0 Å². The summed E-state index contributed by atoms with van der Waals surface area (Å²) in [6, 6.07) is 0. The van der Waals surface area contributed by atoms with Crippen molar-refractivity contribution in [3.05, 3.63) is 0 Å². The van der Waals surface area contributed by atoms with E-state index in [2.05, 4.69) is 36.0 Å². The highest BCUT2D eigenvalue weighted by atomic mass is 16.1. The predicted molar refractivity (Wildman–Crippen MR) is 83.7 cm³/mol. The van der Waals surface area contributed by atoms with Crippen LogP contribution in [-0.4, -0.2) is 66.6 Å². The number of hydrogen-bond donors (Lipinski definition) is 2. The van der Waals surface area contributed by atoms with Crippen LogP contribution in [0.3, 0.4) is 0 Å². The summed E-state index contributed by atoms with van der Waals surface area (Å²) in [5.41, 5.74) is 5.64. The van der Waals surface area contributed by atoms with E-state index in [9.17, 15) is 4.79 Å². The van der Waals surface area contributed by atoms with Crippen LogP contribution < -0.4 is 11.1 Å². The highest BCUT2D eigenvalue weighted by Crippen LogP contribution is 2.16. The van der Waals surface area contributed by atoms with Crippen molar-refractivity contribution in [1.82, 2.24) is 15.1 Å². The maximum absolute atomic E-state index is 11.9. The van der Waals surface area contributed by atoms with Gasteiger partial charge in [-0.05, 0) is 41.2 Å². The van der Waals surface area contributed by atoms with E-state index in [-0.39, 0.29) is 17.0 Å². The molecular formula is C15H32N4O. The van der Waals surface area contributed by atoms with E-state index in [0.29, 0.717) is 19.4 Å². The highest BCUT2D eigenvalue weighted by molar-refractivity contribution is 5.76. The van der Waals surface area contributed by atoms with Crippen LogP contribution >= 0.6 is 0 Å². The molecule has 1 saturated heterocycles. The van der Waals surface area contributed by atoms with Gasteiger partial charge in [0.25, 0.3) is 0 Å². The zero-order chi connectivity index (χ0) is 15.4. The number of carbonyl (C=O) groups excluding carboxylic acids is 1. The molecule has 0 aromatic heterocycles. The Morgan fingerprint density at radius 2 is 1.70 bits per heavy atom. The maximum atomic E-state index is 11.9. The van der Waals surface area contributed by atoms with Crippen LogP contribution in [0.1, 0.15) is 40.5 Å². The first kappa shape index (κ1) is 17.4. The summed E-state index contributed by atoms with van der Waals surface area (Å²) in [6.45, 7) is 13.3. The average Bonchev–Trinajstić information content (AvgIpc) is 2.34. The predicted octanol–water partition coefficient (Wildman–Crippen LogP) is 0.646. The summed E-state index contributed by atoms with van der Waals surface area (Å²) in [6.07, 6.45) is 1.22. The monoisotopic (exact) mass is 284 g/mol. The number of nitrogens with zero attached hydrogens (tertiary/aromatic N) is 2. The van der Waals surface area contributed by atoms with Crippen LogP contribution in [0.25, 0.3) is 0 Å². The van der Waals surface area contributed by atoms with Crippen molar-refractivity contribution in [2.45, 2.75) is 51.6 Å². The molecule has 118 valence electrons. The molecule has 0 unspecified atom stereocenters. The molecule has 1 heterocycles. The molecule has 1 fully saturated rings. The Hall–Kier alpha value is -0.650. The molecule has 0 radical (unpaired) electrons. The molecule has 0 spiro atoms. The Balaban J connectivity index is 2.33. The number of nitrogens with two attached hydrogens (primary N) is 1. The summed E-state index contributed by atoms with van der Waals surface area (Å²) in [5.74, 6) is 0.103. The van der Waals surface area contributed by atoms with Gasteiger partial charge in [0.2, 0.25) is 5.91 Å². The summed E-state index contributed by atoms with van der Waals surface area (Å²) in [7, 11) is 2.15. The summed E-state index contributed by atoms with van der Waals surface area (Å²) in [5, 5.41) is 3.05. The van der Waals surface area contributed by atoms with Crippen LogP contribution in [-0.2, 0) is 4.79 Å². The SMILES string of the molecule is CN1CCN(C(C)(C)CNC(=O)CCC(C)(C)N)CC1. The van der Waals surface area contributed by atoms with E-state index in [1.807, 2.05) is 13.8 Å². The minimum atomic E-state index is -0.273. The second kappa shape index (κ2) is 6.87. The Labute approximate surface area is 123 Å². The lowest BCUT2D eigenvalue weighted by Crippen LogP contribution is -2.57. The van der Waals surface area contributed by atoms with Crippen molar-refractivity contribution in [1.29, 1.82) is 0 Å². The van der Waals surface area contributed by atoms with Gasteiger partial charge in [-0.25, -0.2) is 0 Å². The molecule has 3 N–H and O–H groups in total. The van der Waals surface area contributed by atoms with Gasteiger partial charge in [-0.2, -0.15) is 0 Å². The summed E-state index contributed by atoms with van der Waals surface area (Å²) >= 11 is 0. The fourth-order valence-corrected chi connectivity index (χ4v) is 2.36. The standard InChI is InChI=1S/C15H32N4O/c1-14(2,16)7-6-13(20)17-12-15(3,4)19-10-8-18(5)9-11-19/h6-12,16H2,1-5H3,(H,17,20). The molecule has 0 bridgehead atoms. The number of rotatable bonds is 6. The molecule has 1 aliphatic rings. The van der Waals surface area contributed by atoms with Gasteiger partial charge in [-0.3, -0.25) is 9.69 Å². The first-order valence-electron chi connectivity index (χ1n) is 7.59. The quantitative estimate of drug-likeness (QED) is 0.752. The van der Waals surface area contributed by atoms with Gasteiger partial charge >= 0.3 is 0 Å². The van der Waals surface area contributed by atoms with Crippen molar-refractivity contribution in [2.75, 3.05) is 39.8 Å². The lowest BCUT2D eigenvalue weighted by atomic mass is 9.99. The third kappa shape index (κ3) is 6.20. The molecule has 0 aliphatic carbocycles. The van der Waals surface area contributed by atoms with E-state index in [1.165, 1.54) is 0 Å². The molecule has 1 rings (SSSR count). The van der Waals surface area contributed by atoms with Crippen LogP contribution in [0, 0.1) is 0 Å². The smallest absolute Gasteiger partial charge is 0.220 e. The van der Waals surface area contributed by atoms with Crippen LogP contribution in [0.15, 0.2) is 0 Å². The average molecular weight is 284 g/mol. The number of piperazine rings is 1. The molecular weight excluding hydrogens is 252 g/mol. The van der Waals surface area contributed by atoms with Gasteiger partial charge in [0, 0.05) is 50.2 Å². The normalized spacial score (nSPS) is 19.1. The Bertz CT molecular complexity index is 314. The molecule has 5 heteroatoms. The largest absolute Gasteiger partial charge is 0.354 e. The lowest BCUT2D eigenvalue weighted by Gasteiger charge is -2.43. The van der Waals surface area contributed by atoms with Gasteiger partial charge in [0.1, 0.15) is 0 Å². The first-order chi connectivity index (χ1) is 9.10. The van der Waals surface area contributed by atoms with E-state index in [0.717, 1.165) is 26.2 Å². The summed E-state index contributed by atoms with van der Waals surface area (Å²) < 4.78 is 0. The van der Waals surface area contributed by atoms with E-state index >= 15 is 0 Å². The van der Waals surface area contributed by atoms with Crippen molar-refractivity contribution in [2.24, 2.45) is 5.73 Å². The first-order valence-corrected chi connectivity index (χ1v) is 7.59. The molecule has 1 aliphatic heterocycles. The summed E-state index contributed by atoms with van der Waals surface area (Å²) in [4.78, 5) is 16.7. The molecule has 1 amide bonds. The second-order valence-electron chi connectivity index (χ2n) is 7.37. The minimum Gasteiger partial charge on any atom is -0.354 e. The number of likely N-dealkylation sites (N-methyl/N-ethyl adjacent to an activating group) is 1. The zero-order valence-corrected chi connectivity index (χ0v) is 13.8. The van der Waals surface area contributed by atoms with Gasteiger partial charge in [0.05, 0.1) is 0 Å². The van der Waals surface area contributed by atoms with Crippen LogP contribution in [0.5, 0.6) is 0 Å². The molecule has 5 nitrogen and oxygen atoms in total. The molecule has 0 saturated carbocycles. The Kier molecular flexibility index (Phi) is 5.98. The maximum Gasteiger partial charge on any atom is 0.220 e. The van der Waals surface area contributed by atoms with Gasteiger partial charge in [0.15, 0.2) is 0 Å². The number of nitrogens with one attached hydrogen (secondary N) is 1. The number of hydrogen-bond acceptors (Lipinski definition) is 4. The van der Waals surface area contributed by atoms with Crippen molar-refractivity contribution >= 4 is 5.91 Å². The Morgan fingerprint density at radius 3 is 2.20 bits per heavy atom. The third-order valence-corrected chi connectivity index (χ3v) is 4.07. The highest BCUT2D eigenvalue weighted by Gasteiger charge is 2.29. The minimum absolute atomic E-state index is 0.00908.